The summed E-state index contributed by atoms with van der Waals surface area (Å²) in [4.78, 5) is 19.8. The highest BCUT2D eigenvalue weighted by Crippen LogP contribution is 2.41. The average Bonchev–Trinajstić information content (AvgIpc) is 3.28. The molecule has 1 saturated carbocycles. The fourth-order valence-electron chi connectivity index (χ4n) is 2.62. The Labute approximate surface area is 134 Å². The normalized spacial score (nSPS) is 14.8. The largest absolute Gasteiger partial charge is 0.478 e. The summed E-state index contributed by atoms with van der Waals surface area (Å²) in [6, 6.07) is 0. The molecule has 0 amide bonds. The van der Waals surface area contributed by atoms with Crippen molar-refractivity contribution in [3.8, 4) is 0 Å². The third-order valence-corrected chi connectivity index (χ3v) is 4.04. The van der Waals surface area contributed by atoms with Crippen LogP contribution in [0.3, 0.4) is 0 Å². The van der Waals surface area contributed by atoms with Crippen molar-refractivity contribution >= 4 is 18.1 Å². The molecule has 0 aliphatic heterocycles. The number of nitrogens with zero attached hydrogens (tertiary/aromatic N) is 4. The van der Waals surface area contributed by atoms with Gasteiger partial charge in [-0.25, -0.2) is 14.8 Å². The quantitative estimate of drug-likeness (QED) is 0.917. The van der Waals surface area contributed by atoms with Gasteiger partial charge in [-0.05, 0) is 36.8 Å². The molecule has 0 bridgehead atoms. The Morgan fingerprint density at radius 2 is 2.09 bits per heavy atom. The molecule has 2 aromatic rings. The predicted molar refractivity (Wildman–Crippen MR) is 87.2 cm³/mol. The molecule has 0 aromatic carbocycles. The zero-order chi connectivity index (χ0) is 16.6. The highest BCUT2D eigenvalue weighted by molar-refractivity contribution is 5.88. The maximum absolute atomic E-state index is 11.2. The van der Waals surface area contributed by atoms with Crippen molar-refractivity contribution in [2.75, 3.05) is 0 Å². The lowest BCUT2D eigenvalue weighted by molar-refractivity contribution is 0.0694. The van der Waals surface area contributed by atoms with Crippen molar-refractivity contribution in [1.29, 1.82) is 0 Å². The fourth-order valence-corrected chi connectivity index (χ4v) is 2.62. The molecule has 0 unspecified atom stereocenters. The molecular weight excluding hydrogens is 292 g/mol. The van der Waals surface area contributed by atoms with E-state index in [1.165, 1.54) is 24.6 Å². The van der Waals surface area contributed by atoms with Crippen LogP contribution in [0.2, 0.25) is 0 Å². The van der Waals surface area contributed by atoms with Gasteiger partial charge in [-0.15, -0.1) is 0 Å². The van der Waals surface area contributed by atoms with Crippen molar-refractivity contribution in [2.24, 2.45) is 7.05 Å². The second-order valence-corrected chi connectivity index (χ2v) is 6.20. The zero-order valence-corrected chi connectivity index (χ0v) is 13.5. The second-order valence-electron chi connectivity index (χ2n) is 6.20. The lowest BCUT2D eigenvalue weighted by Gasteiger charge is -2.08. The molecule has 0 spiro atoms. The van der Waals surface area contributed by atoms with E-state index < -0.39 is 5.97 Å². The zero-order valence-electron chi connectivity index (χ0n) is 13.5. The first-order valence-electron chi connectivity index (χ1n) is 7.77. The first-order valence-corrected chi connectivity index (χ1v) is 7.77. The molecule has 120 valence electrons. The molecule has 0 atom stereocenters. The summed E-state index contributed by atoms with van der Waals surface area (Å²) in [6.07, 6.45) is 9.52. The molecule has 1 N–H and O–H groups in total. The van der Waals surface area contributed by atoms with E-state index >= 15 is 0 Å². The van der Waals surface area contributed by atoms with Crippen LogP contribution in [0.25, 0.3) is 12.2 Å². The molecule has 0 saturated heterocycles. The molecule has 6 heteroatoms. The Kier molecular flexibility index (Phi) is 3.98. The van der Waals surface area contributed by atoms with Gasteiger partial charge in [0.25, 0.3) is 0 Å². The van der Waals surface area contributed by atoms with E-state index in [-0.39, 0.29) is 11.5 Å². The van der Waals surface area contributed by atoms with Crippen LogP contribution in [0, 0.1) is 0 Å². The van der Waals surface area contributed by atoms with Gasteiger partial charge in [-0.2, -0.15) is 5.10 Å². The van der Waals surface area contributed by atoms with Crippen molar-refractivity contribution in [1.82, 2.24) is 19.7 Å². The smallest absolute Gasteiger partial charge is 0.339 e. The fraction of sp³-hybridized carbons (Fsp3) is 0.412. The Bertz CT molecular complexity index is 773. The number of aryl methyl sites for hydroxylation is 1. The van der Waals surface area contributed by atoms with Crippen molar-refractivity contribution < 1.29 is 9.90 Å². The number of carbonyl (C=O) groups is 1. The topological polar surface area (TPSA) is 80.9 Å². The molecule has 2 heterocycles. The van der Waals surface area contributed by atoms with Crippen molar-refractivity contribution in [2.45, 2.75) is 38.5 Å². The van der Waals surface area contributed by atoms with Crippen molar-refractivity contribution in [3.63, 3.8) is 0 Å². The Morgan fingerprint density at radius 1 is 1.35 bits per heavy atom. The molecular formula is C17H20N4O2. The van der Waals surface area contributed by atoms with Gasteiger partial charge in [0.2, 0.25) is 0 Å². The maximum atomic E-state index is 11.2. The minimum absolute atomic E-state index is 0.0231. The Hall–Kier alpha value is -2.50. The monoisotopic (exact) mass is 312 g/mol. The summed E-state index contributed by atoms with van der Waals surface area (Å²) < 4.78 is 1.85. The van der Waals surface area contributed by atoms with Gasteiger partial charge in [-0.1, -0.05) is 13.8 Å². The van der Waals surface area contributed by atoms with Crippen LogP contribution in [-0.4, -0.2) is 30.8 Å². The number of aromatic nitrogens is 4. The van der Waals surface area contributed by atoms with Crippen LogP contribution in [0.5, 0.6) is 0 Å². The number of carboxylic acid groups (broad SMARTS) is 1. The lowest BCUT2D eigenvalue weighted by atomic mass is 10.1. The van der Waals surface area contributed by atoms with Gasteiger partial charge in [0, 0.05) is 18.8 Å². The van der Waals surface area contributed by atoms with E-state index in [2.05, 4.69) is 15.1 Å². The minimum Gasteiger partial charge on any atom is -0.478 e. The molecule has 3 rings (SSSR count). The minimum atomic E-state index is -0.994. The third kappa shape index (κ3) is 3.16. The van der Waals surface area contributed by atoms with Crippen LogP contribution in [0.15, 0.2) is 12.4 Å². The highest BCUT2D eigenvalue weighted by Gasteiger charge is 2.27. The molecule has 1 fully saturated rings. The van der Waals surface area contributed by atoms with Crippen LogP contribution >= 0.6 is 0 Å². The van der Waals surface area contributed by atoms with Gasteiger partial charge in [0.15, 0.2) is 5.82 Å². The number of aromatic carboxylic acids is 1. The third-order valence-electron chi connectivity index (χ3n) is 4.04. The molecule has 1 aliphatic rings. The van der Waals surface area contributed by atoms with Gasteiger partial charge in [-0.3, -0.25) is 4.68 Å². The first kappa shape index (κ1) is 15.4. The standard InChI is InChI=1S/C17H20N4O2/c1-10(2)16-13(17(22)23)8-18-15(20-16)7-6-14-12(11-4-5-11)9-19-21(14)3/h6-11H,4-5H2,1-3H3,(H,22,23). The molecule has 1 aliphatic carbocycles. The summed E-state index contributed by atoms with van der Waals surface area (Å²) >= 11 is 0. The van der Waals surface area contributed by atoms with Crippen molar-refractivity contribution in [3.05, 3.63) is 40.7 Å². The van der Waals surface area contributed by atoms with Crippen LogP contribution in [0.4, 0.5) is 0 Å². The van der Waals surface area contributed by atoms with Crippen LogP contribution < -0.4 is 0 Å². The number of rotatable bonds is 5. The van der Waals surface area contributed by atoms with E-state index in [9.17, 15) is 9.90 Å². The Balaban J connectivity index is 1.92. The van der Waals surface area contributed by atoms with Crippen LogP contribution in [-0.2, 0) is 7.05 Å². The first-order chi connectivity index (χ1) is 11.0. The molecule has 2 aromatic heterocycles. The second kappa shape index (κ2) is 5.95. The van der Waals surface area contributed by atoms with Gasteiger partial charge >= 0.3 is 5.97 Å². The van der Waals surface area contributed by atoms with Gasteiger partial charge in [0.1, 0.15) is 0 Å². The molecule has 0 radical (unpaired) electrons. The summed E-state index contributed by atoms with van der Waals surface area (Å²) in [5.41, 5.74) is 3.04. The predicted octanol–water partition coefficient (Wildman–Crippen LogP) is 3.08. The Morgan fingerprint density at radius 3 is 2.70 bits per heavy atom. The average molecular weight is 312 g/mol. The van der Waals surface area contributed by atoms with E-state index in [0.29, 0.717) is 17.4 Å². The summed E-state index contributed by atoms with van der Waals surface area (Å²) in [5, 5.41) is 13.5. The maximum Gasteiger partial charge on any atom is 0.339 e. The van der Waals surface area contributed by atoms with E-state index in [4.69, 9.17) is 0 Å². The molecule has 6 nitrogen and oxygen atoms in total. The SMILES string of the molecule is CC(C)c1nc(C=Cc2c(C3CC3)cnn2C)ncc1C(=O)O. The number of hydrogen-bond donors (Lipinski definition) is 1. The van der Waals surface area contributed by atoms with Crippen LogP contribution in [0.1, 0.15) is 71.7 Å². The highest BCUT2D eigenvalue weighted by atomic mass is 16.4. The summed E-state index contributed by atoms with van der Waals surface area (Å²) in [7, 11) is 1.92. The summed E-state index contributed by atoms with van der Waals surface area (Å²) in [5.74, 6) is 0.161. The van der Waals surface area contributed by atoms with E-state index in [1.54, 1.807) is 0 Å². The molecule has 23 heavy (non-hydrogen) atoms. The van der Waals surface area contributed by atoms with E-state index in [0.717, 1.165) is 5.69 Å². The summed E-state index contributed by atoms with van der Waals surface area (Å²) in [6.45, 7) is 3.85. The number of carboxylic acids is 1. The van der Waals surface area contributed by atoms with Gasteiger partial charge in [0.05, 0.1) is 23.1 Å². The lowest BCUT2D eigenvalue weighted by Crippen LogP contribution is -2.08. The van der Waals surface area contributed by atoms with Gasteiger partial charge < -0.3 is 5.11 Å². The number of hydrogen-bond acceptors (Lipinski definition) is 4. The van der Waals surface area contributed by atoms with E-state index in [1.807, 2.05) is 43.9 Å².